The lowest BCUT2D eigenvalue weighted by Crippen LogP contribution is -2.32. The lowest BCUT2D eigenvalue weighted by Gasteiger charge is -2.27. The molecule has 1 heterocycles. The van der Waals surface area contributed by atoms with Gasteiger partial charge in [0.2, 0.25) is 0 Å². The molecule has 0 saturated carbocycles. The maximum atomic E-state index is 4.45. The fourth-order valence-electron chi connectivity index (χ4n) is 2.06. The molecule has 0 bridgehead atoms. The van der Waals surface area contributed by atoms with Crippen molar-refractivity contribution >= 4 is 11.6 Å². The molecule has 2 N–H and O–H groups in total. The van der Waals surface area contributed by atoms with Crippen molar-refractivity contribution in [2.24, 2.45) is 0 Å². The highest BCUT2D eigenvalue weighted by molar-refractivity contribution is 5.42. The Morgan fingerprint density at radius 1 is 1.05 bits per heavy atom. The van der Waals surface area contributed by atoms with E-state index in [0.29, 0.717) is 0 Å². The minimum Gasteiger partial charge on any atom is -0.372 e. The third-order valence-electron chi connectivity index (χ3n) is 3.24. The van der Waals surface area contributed by atoms with E-state index in [1.807, 2.05) is 13.1 Å². The van der Waals surface area contributed by atoms with Crippen LogP contribution in [0.2, 0.25) is 0 Å². The number of nitrogens with one attached hydrogen (secondary N) is 2. The summed E-state index contributed by atoms with van der Waals surface area (Å²) in [6.45, 7) is 4.37. The van der Waals surface area contributed by atoms with Gasteiger partial charge in [0.25, 0.3) is 0 Å². The van der Waals surface area contributed by atoms with Crippen LogP contribution >= 0.6 is 0 Å². The largest absolute Gasteiger partial charge is 0.372 e. The van der Waals surface area contributed by atoms with Crippen molar-refractivity contribution in [2.75, 3.05) is 17.7 Å². The summed E-state index contributed by atoms with van der Waals surface area (Å²) in [6, 6.07) is 10.5. The molecule has 0 saturated heterocycles. The molecule has 0 radical (unpaired) electrons. The van der Waals surface area contributed by atoms with E-state index in [0.717, 1.165) is 24.5 Å². The van der Waals surface area contributed by atoms with Crippen molar-refractivity contribution in [2.45, 2.75) is 32.2 Å². The van der Waals surface area contributed by atoms with Gasteiger partial charge in [0.05, 0.1) is 12.4 Å². The van der Waals surface area contributed by atoms with Crippen LogP contribution < -0.4 is 10.6 Å². The van der Waals surface area contributed by atoms with E-state index in [-0.39, 0.29) is 5.54 Å². The molecule has 2 aromatic rings. The van der Waals surface area contributed by atoms with Gasteiger partial charge in [-0.3, -0.25) is 4.98 Å². The average Bonchev–Trinajstić information content (AvgIpc) is 2.46. The molecule has 0 amide bonds. The molecule has 1 aromatic carbocycles. The highest BCUT2D eigenvalue weighted by Gasteiger charge is 2.18. The number of aromatic nitrogens is 2. The Labute approximate surface area is 120 Å². The first-order valence-electron chi connectivity index (χ1n) is 6.91. The number of rotatable bonds is 6. The van der Waals surface area contributed by atoms with Gasteiger partial charge in [-0.25, -0.2) is 4.98 Å². The fraction of sp³-hybridized carbons (Fsp3) is 0.375. The smallest absolute Gasteiger partial charge is 0.147 e. The van der Waals surface area contributed by atoms with E-state index in [9.17, 15) is 0 Å². The second kappa shape index (κ2) is 6.37. The minimum absolute atomic E-state index is 0.0309. The molecule has 0 fully saturated rings. The summed E-state index contributed by atoms with van der Waals surface area (Å²) in [5.74, 6) is 1.57. The summed E-state index contributed by atoms with van der Waals surface area (Å²) >= 11 is 0. The van der Waals surface area contributed by atoms with Crippen molar-refractivity contribution in [1.29, 1.82) is 0 Å². The number of hydrogen-bond donors (Lipinski definition) is 2. The average molecular weight is 270 g/mol. The van der Waals surface area contributed by atoms with Gasteiger partial charge < -0.3 is 10.6 Å². The van der Waals surface area contributed by atoms with E-state index in [1.54, 1.807) is 12.4 Å². The van der Waals surface area contributed by atoms with Crippen LogP contribution in [-0.4, -0.2) is 22.6 Å². The molecule has 0 spiro atoms. The normalized spacial score (nSPS) is 11.2. The van der Waals surface area contributed by atoms with E-state index in [4.69, 9.17) is 0 Å². The summed E-state index contributed by atoms with van der Waals surface area (Å²) < 4.78 is 0. The second-order valence-corrected chi connectivity index (χ2v) is 5.53. The van der Waals surface area contributed by atoms with Crippen molar-refractivity contribution in [3.8, 4) is 0 Å². The molecule has 4 heteroatoms. The van der Waals surface area contributed by atoms with E-state index in [2.05, 4.69) is 58.7 Å². The van der Waals surface area contributed by atoms with Crippen molar-refractivity contribution < 1.29 is 0 Å². The third-order valence-corrected chi connectivity index (χ3v) is 3.24. The molecule has 0 aliphatic rings. The first kappa shape index (κ1) is 14.3. The number of hydrogen-bond acceptors (Lipinski definition) is 4. The predicted molar refractivity (Wildman–Crippen MR) is 84.0 cm³/mol. The third kappa shape index (κ3) is 4.23. The van der Waals surface area contributed by atoms with Gasteiger partial charge in [-0.2, -0.15) is 0 Å². The van der Waals surface area contributed by atoms with Gasteiger partial charge in [-0.05, 0) is 32.3 Å². The Morgan fingerprint density at radius 2 is 1.75 bits per heavy atom. The lowest BCUT2D eigenvalue weighted by atomic mass is 9.95. The second-order valence-electron chi connectivity index (χ2n) is 5.53. The summed E-state index contributed by atoms with van der Waals surface area (Å²) in [7, 11) is 1.84. The lowest BCUT2D eigenvalue weighted by molar-refractivity contribution is 0.516. The summed E-state index contributed by atoms with van der Waals surface area (Å²) in [4.78, 5) is 8.62. The van der Waals surface area contributed by atoms with Crippen LogP contribution in [0.15, 0.2) is 42.7 Å². The van der Waals surface area contributed by atoms with Crippen molar-refractivity contribution in [3.05, 3.63) is 48.3 Å². The minimum atomic E-state index is -0.0309. The Morgan fingerprint density at radius 3 is 2.45 bits per heavy atom. The molecule has 1 aromatic heterocycles. The van der Waals surface area contributed by atoms with Crippen molar-refractivity contribution in [3.63, 3.8) is 0 Å². The molecule has 4 nitrogen and oxygen atoms in total. The SMILES string of the molecule is CNc1cncc(NC(C)(C)CCc2ccccc2)n1. The number of anilines is 2. The van der Waals surface area contributed by atoms with Crippen LogP contribution in [0.4, 0.5) is 11.6 Å². The van der Waals surface area contributed by atoms with Crippen LogP contribution in [0, 0.1) is 0 Å². The molecule has 2 rings (SSSR count). The summed E-state index contributed by atoms with van der Waals surface area (Å²) in [5.41, 5.74) is 1.33. The van der Waals surface area contributed by atoms with Crippen LogP contribution in [0.25, 0.3) is 0 Å². The maximum Gasteiger partial charge on any atom is 0.147 e. The molecule has 106 valence electrons. The van der Waals surface area contributed by atoms with Gasteiger partial charge >= 0.3 is 0 Å². The first-order chi connectivity index (χ1) is 9.59. The molecule has 0 aliphatic heterocycles. The molecule has 0 unspecified atom stereocenters. The fourth-order valence-corrected chi connectivity index (χ4v) is 2.06. The molecular weight excluding hydrogens is 248 g/mol. The monoisotopic (exact) mass is 270 g/mol. The number of aryl methyl sites for hydroxylation is 1. The van der Waals surface area contributed by atoms with Gasteiger partial charge in [-0.15, -0.1) is 0 Å². The number of benzene rings is 1. The van der Waals surface area contributed by atoms with Crippen LogP contribution in [0.5, 0.6) is 0 Å². The summed E-state index contributed by atoms with van der Waals surface area (Å²) in [5, 5.41) is 6.45. The Hall–Kier alpha value is -2.10. The highest BCUT2D eigenvalue weighted by atomic mass is 15.1. The highest BCUT2D eigenvalue weighted by Crippen LogP contribution is 2.19. The summed E-state index contributed by atoms with van der Waals surface area (Å²) in [6.07, 6.45) is 5.54. The Balaban J connectivity index is 1.96. The molecule has 0 atom stereocenters. The zero-order valence-corrected chi connectivity index (χ0v) is 12.4. The van der Waals surface area contributed by atoms with Crippen LogP contribution in [-0.2, 0) is 6.42 Å². The van der Waals surface area contributed by atoms with Crippen LogP contribution in [0.3, 0.4) is 0 Å². The molecule has 0 aliphatic carbocycles. The maximum absolute atomic E-state index is 4.45. The van der Waals surface area contributed by atoms with E-state index >= 15 is 0 Å². The zero-order valence-electron chi connectivity index (χ0n) is 12.4. The first-order valence-corrected chi connectivity index (χ1v) is 6.91. The zero-order chi connectivity index (χ0) is 14.4. The van der Waals surface area contributed by atoms with Crippen LogP contribution in [0.1, 0.15) is 25.8 Å². The van der Waals surface area contributed by atoms with Crippen molar-refractivity contribution in [1.82, 2.24) is 9.97 Å². The standard InChI is InChI=1S/C16H22N4/c1-16(2,10-9-13-7-5-4-6-8-13)20-15-12-18-11-14(17-3)19-15/h4-8,11-12H,9-10H2,1-3H3,(H2,17,19,20). The van der Waals surface area contributed by atoms with Gasteiger partial charge in [-0.1, -0.05) is 30.3 Å². The van der Waals surface area contributed by atoms with E-state index in [1.165, 1.54) is 5.56 Å². The Bertz CT molecular complexity index is 537. The van der Waals surface area contributed by atoms with Gasteiger partial charge in [0.1, 0.15) is 11.6 Å². The Kier molecular flexibility index (Phi) is 4.56. The predicted octanol–water partition coefficient (Wildman–Crippen LogP) is 3.34. The number of nitrogens with zero attached hydrogens (tertiary/aromatic N) is 2. The molecular formula is C16H22N4. The quantitative estimate of drug-likeness (QED) is 0.845. The van der Waals surface area contributed by atoms with Gasteiger partial charge in [0, 0.05) is 12.6 Å². The van der Waals surface area contributed by atoms with E-state index < -0.39 is 0 Å². The topological polar surface area (TPSA) is 49.8 Å². The van der Waals surface area contributed by atoms with Gasteiger partial charge in [0.15, 0.2) is 0 Å². The molecule has 20 heavy (non-hydrogen) atoms.